The number of carbonyl (C=O) groups excluding carboxylic acids is 1. The highest BCUT2D eigenvalue weighted by Crippen LogP contribution is 2.43. The number of hydrogen-bond acceptors (Lipinski definition) is 2. The van der Waals surface area contributed by atoms with Gasteiger partial charge in [-0.15, -0.1) is 0 Å². The Hall–Kier alpha value is -2.04. The summed E-state index contributed by atoms with van der Waals surface area (Å²) in [5.74, 6) is 0.413. The lowest BCUT2D eigenvalue weighted by molar-refractivity contribution is -0.125. The molecule has 1 amide bonds. The molecular weight excluding hydrogens is 300 g/mol. The van der Waals surface area contributed by atoms with Crippen LogP contribution in [-0.2, 0) is 10.2 Å². The maximum atomic E-state index is 11.5. The van der Waals surface area contributed by atoms with Crippen LogP contribution in [0.1, 0.15) is 45.6 Å². The van der Waals surface area contributed by atoms with Gasteiger partial charge in [0, 0.05) is 18.5 Å². The summed E-state index contributed by atoms with van der Waals surface area (Å²) in [4.78, 5) is 16.0. The molecule has 132 valence electrons. The highest BCUT2D eigenvalue weighted by molar-refractivity contribution is 5.82. The standard InChI is InChI=1S/C19H30N4O/c1-4-21-17(22-13-18(2,3)16(20)24)23-14-19(11-8-12-19)15-9-6-5-7-10-15/h5-7,9-10H,4,8,11-14H2,1-3H3,(H2,20,24)(H2,21,22,23). The van der Waals surface area contributed by atoms with Crippen LogP contribution < -0.4 is 16.4 Å². The van der Waals surface area contributed by atoms with Gasteiger partial charge in [-0.05, 0) is 39.2 Å². The molecule has 1 fully saturated rings. The second-order valence-corrected chi connectivity index (χ2v) is 7.30. The second kappa shape index (κ2) is 7.69. The summed E-state index contributed by atoms with van der Waals surface area (Å²) < 4.78 is 0. The van der Waals surface area contributed by atoms with E-state index in [2.05, 4.69) is 46.0 Å². The van der Waals surface area contributed by atoms with Gasteiger partial charge in [-0.2, -0.15) is 0 Å². The Morgan fingerprint density at radius 3 is 2.42 bits per heavy atom. The molecule has 0 radical (unpaired) electrons. The summed E-state index contributed by atoms with van der Waals surface area (Å²) in [6.07, 6.45) is 3.64. The third kappa shape index (κ3) is 4.28. The SMILES string of the molecule is CCNC(=NCC(C)(C)C(N)=O)NCC1(c2ccccc2)CCC1. The van der Waals surface area contributed by atoms with Gasteiger partial charge in [-0.1, -0.05) is 36.8 Å². The van der Waals surface area contributed by atoms with Gasteiger partial charge in [0.15, 0.2) is 5.96 Å². The van der Waals surface area contributed by atoms with Crippen molar-refractivity contribution >= 4 is 11.9 Å². The topological polar surface area (TPSA) is 79.5 Å². The number of aliphatic imine (C=N–C) groups is 1. The van der Waals surface area contributed by atoms with E-state index in [-0.39, 0.29) is 11.3 Å². The van der Waals surface area contributed by atoms with Gasteiger partial charge in [0.1, 0.15) is 0 Å². The van der Waals surface area contributed by atoms with E-state index in [4.69, 9.17) is 5.73 Å². The van der Waals surface area contributed by atoms with E-state index in [0.717, 1.165) is 19.0 Å². The molecule has 0 atom stereocenters. The zero-order chi connectivity index (χ0) is 17.6. The largest absolute Gasteiger partial charge is 0.369 e. The normalized spacial score (nSPS) is 17.0. The molecule has 0 unspecified atom stereocenters. The smallest absolute Gasteiger partial charge is 0.224 e. The van der Waals surface area contributed by atoms with E-state index in [1.54, 1.807) is 0 Å². The summed E-state index contributed by atoms with van der Waals surface area (Å²) >= 11 is 0. The summed E-state index contributed by atoms with van der Waals surface area (Å²) in [5.41, 5.74) is 6.37. The lowest BCUT2D eigenvalue weighted by Crippen LogP contribution is -2.49. The van der Waals surface area contributed by atoms with Crippen LogP contribution in [0.2, 0.25) is 0 Å². The molecule has 2 rings (SSSR count). The van der Waals surface area contributed by atoms with E-state index in [1.807, 2.05) is 20.8 Å². The van der Waals surface area contributed by atoms with Gasteiger partial charge >= 0.3 is 0 Å². The third-order valence-corrected chi connectivity index (χ3v) is 4.93. The molecule has 4 N–H and O–H groups in total. The zero-order valence-corrected chi connectivity index (χ0v) is 15.1. The average molecular weight is 330 g/mol. The number of carbonyl (C=O) groups is 1. The van der Waals surface area contributed by atoms with E-state index in [0.29, 0.717) is 6.54 Å². The molecule has 1 saturated carbocycles. The van der Waals surface area contributed by atoms with Gasteiger partial charge in [0.2, 0.25) is 5.91 Å². The number of hydrogen-bond donors (Lipinski definition) is 3. The first kappa shape index (κ1) is 18.3. The van der Waals surface area contributed by atoms with Gasteiger partial charge in [-0.3, -0.25) is 9.79 Å². The van der Waals surface area contributed by atoms with Crippen molar-refractivity contribution in [1.29, 1.82) is 0 Å². The fourth-order valence-electron chi connectivity index (χ4n) is 2.91. The van der Waals surface area contributed by atoms with Crippen LogP contribution in [-0.4, -0.2) is 31.5 Å². The van der Waals surface area contributed by atoms with E-state index in [1.165, 1.54) is 24.8 Å². The van der Waals surface area contributed by atoms with Crippen LogP contribution in [0.3, 0.4) is 0 Å². The average Bonchev–Trinajstić information content (AvgIpc) is 2.52. The van der Waals surface area contributed by atoms with Crippen molar-refractivity contribution in [3.63, 3.8) is 0 Å². The molecule has 5 nitrogen and oxygen atoms in total. The number of rotatable bonds is 7. The minimum atomic E-state index is -0.643. The maximum Gasteiger partial charge on any atom is 0.224 e. The predicted molar refractivity (Wildman–Crippen MR) is 98.9 cm³/mol. The molecule has 5 heteroatoms. The first-order chi connectivity index (χ1) is 11.4. The van der Waals surface area contributed by atoms with Crippen LogP contribution in [0, 0.1) is 5.41 Å². The first-order valence-electron chi connectivity index (χ1n) is 8.77. The summed E-state index contributed by atoms with van der Waals surface area (Å²) in [6, 6.07) is 10.7. The van der Waals surface area contributed by atoms with Crippen LogP contribution in [0.4, 0.5) is 0 Å². The Bertz CT molecular complexity index is 576. The van der Waals surface area contributed by atoms with Crippen LogP contribution >= 0.6 is 0 Å². The summed E-state index contributed by atoms with van der Waals surface area (Å²) in [5, 5.41) is 6.71. The predicted octanol–water partition coefficient (Wildman–Crippen LogP) is 2.17. The number of guanidine groups is 1. The van der Waals surface area contributed by atoms with E-state index in [9.17, 15) is 4.79 Å². The fraction of sp³-hybridized carbons (Fsp3) is 0.579. The van der Waals surface area contributed by atoms with Crippen molar-refractivity contribution in [3.05, 3.63) is 35.9 Å². The molecule has 0 aliphatic heterocycles. The lowest BCUT2D eigenvalue weighted by Gasteiger charge is -2.43. The van der Waals surface area contributed by atoms with Crippen molar-refractivity contribution in [2.45, 2.75) is 45.4 Å². The molecule has 1 aliphatic carbocycles. The van der Waals surface area contributed by atoms with Crippen LogP contribution in [0.5, 0.6) is 0 Å². The maximum absolute atomic E-state index is 11.5. The van der Waals surface area contributed by atoms with Gasteiger partial charge in [0.25, 0.3) is 0 Å². The van der Waals surface area contributed by atoms with Gasteiger partial charge < -0.3 is 16.4 Å². The Kier molecular flexibility index (Phi) is 5.86. The number of nitrogens with two attached hydrogens (primary N) is 1. The van der Waals surface area contributed by atoms with Crippen molar-refractivity contribution in [2.24, 2.45) is 16.1 Å². The number of amides is 1. The Balaban J connectivity index is 2.04. The van der Waals surface area contributed by atoms with Crippen LogP contribution in [0.25, 0.3) is 0 Å². The lowest BCUT2D eigenvalue weighted by atomic mass is 9.64. The van der Waals surface area contributed by atoms with E-state index >= 15 is 0 Å². The quantitative estimate of drug-likeness (QED) is 0.529. The minimum absolute atomic E-state index is 0.191. The molecule has 1 aromatic rings. The highest BCUT2D eigenvalue weighted by Gasteiger charge is 2.38. The van der Waals surface area contributed by atoms with E-state index < -0.39 is 5.41 Å². The van der Waals surface area contributed by atoms with Crippen molar-refractivity contribution in [1.82, 2.24) is 10.6 Å². The van der Waals surface area contributed by atoms with Crippen LogP contribution in [0.15, 0.2) is 35.3 Å². The van der Waals surface area contributed by atoms with Crippen molar-refractivity contribution < 1.29 is 4.79 Å². The molecule has 1 aromatic carbocycles. The summed E-state index contributed by atoms with van der Waals surface area (Å²) in [6.45, 7) is 7.67. The molecule has 0 aromatic heterocycles. The van der Waals surface area contributed by atoms with Crippen molar-refractivity contribution in [3.8, 4) is 0 Å². The third-order valence-electron chi connectivity index (χ3n) is 4.93. The molecule has 0 heterocycles. The molecular formula is C19H30N4O. The highest BCUT2D eigenvalue weighted by atomic mass is 16.1. The number of benzene rings is 1. The van der Waals surface area contributed by atoms with Crippen molar-refractivity contribution in [2.75, 3.05) is 19.6 Å². The minimum Gasteiger partial charge on any atom is -0.369 e. The Morgan fingerprint density at radius 2 is 1.92 bits per heavy atom. The summed E-state index contributed by atoms with van der Waals surface area (Å²) in [7, 11) is 0. The number of nitrogens with one attached hydrogen (secondary N) is 2. The fourth-order valence-corrected chi connectivity index (χ4v) is 2.91. The molecule has 24 heavy (non-hydrogen) atoms. The number of primary amides is 1. The second-order valence-electron chi connectivity index (χ2n) is 7.30. The monoisotopic (exact) mass is 330 g/mol. The van der Waals surface area contributed by atoms with Gasteiger partial charge in [0.05, 0.1) is 12.0 Å². The number of nitrogens with zero attached hydrogens (tertiary/aromatic N) is 1. The molecule has 0 spiro atoms. The molecule has 0 bridgehead atoms. The first-order valence-corrected chi connectivity index (χ1v) is 8.77. The zero-order valence-electron chi connectivity index (χ0n) is 15.1. The Morgan fingerprint density at radius 1 is 1.25 bits per heavy atom. The molecule has 1 aliphatic rings. The van der Waals surface area contributed by atoms with Gasteiger partial charge in [-0.25, -0.2) is 0 Å². The Labute approximate surface area is 145 Å². The molecule has 0 saturated heterocycles.